The zero-order valence-corrected chi connectivity index (χ0v) is 11.0. The zero-order valence-electron chi connectivity index (χ0n) is 9.38. The van der Waals surface area contributed by atoms with Gasteiger partial charge in [-0.1, -0.05) is 11.6 Å². The Balaban J connectivity index is 2.05. The van der Waals surface area contributed by atoms with Crippen LogP contribution in [0.1, 0.15) is 6.42 Å². The lowest BCUT2D eigenvalue weighted by Crippen LogP contribution is -2.42. The Kier molecular flexibility index (Phi) is 3.09. The van der Waals surface area contributed by atoms with Gasteiger partial charge in [0.15, 0.2) is 0 Å². The van der Waals surface area contributed by atoms with Crippen LogP contribution in [0.15, 0.2) is 12.1 Å². The molecule has 1 saturated heterocycles. The summed E-state index contributed by atoms with van der Waals surface area (Å²) in [6.45, 7) is 1.92. The SMILES string of the molecule is Fc1cc2c(cc1Cl)N1CCSCC1CCN2. The second-order valence-electron chi connectivity index (χ2n) is 4.42. The second-order valence-corrected chi connectivity index (χ2v) is 5.98. The van der Waals surface area contributed by atoms with Crippen molar-refractivity contribution in [2.45, 2.75) is 12.5 Å². The minimum atomic E-state index is -0.345. The van der Waals surface area contributed by atoms with Gasteiger partial charge in [0.05, 0.1) is 16.4 Å². The fourth-order valence-electron chi connectivity index (χ4n) is 2.50. The highest BCUT2D eigenvalue weighted by atomic mass is 35.5. The second kappa shape index (κ2) is 4.58. The number of thioether (sulfide) groups is 1. The van der Waals surface area contributed by atoms with E-state index < -0.39 is 0 Å². The number of fused-ring (bicyclic) bond motifs is 3. The maximum Gasteiger partial charge on any atom is 0.143 e. The monoisotopic (exact) mass is 272 g/mol. The first kappa shape index (κ1) is 11.5. The maximum atomic E-state index is 13.5. The Labute approximate surface area is 110 Å². The van der Waals surface area contributed by atoms with Gasteiger partial charge < -0.3 is 10.2 Å². The van der Waals surface area contributed by atoms with Crippen LogP contribution < -0.4 is 10.2 Å². The van der Waals surface area contributed by atoms with E-state index in [1.807, 2.05) is 11.8 Å². The predicted octanol–water partition coefficient (Wildman–Crippen LogP) is 3.22. The standard InChI is InChI=1S/C12H14ClFN2S/c13-9-5-12-11(6-10(9)14)15-2-1-8-7-17-4-3-16(8)12/h5-6,8,15H,1-4,7H2. The van der Waals surface area contributed by atoms with Crippen molar-refractivity contribution >= 4 is 34.7 Å². The van der Waals surface area contributed by atoms with Crippen LogP contribution in [0.3, 0.4) is 0 Å². The number of hydrogen-bond acceptors (Lipinski definition) is 3. The third-order valence-corrected chi connectivity index (χ3v) is 4.75. The summed E-state index contributed by atoms with van der Waals surface area (Å²) in [5.41, 5.74) is 1.93. The van der Waals surface area contributed by atoms with Crippen molar-refractivity contribution in [3.8, 4) is 0 Å². The molecule has 0 aliphatic carbocycles. The number of benzene rings is 1. The summed E-state index contributed by atoms with van der Waals surface area (Å²) in [6, 6.07) is 3.82. The summed E-state index contributed by atoms with van der Waals surface area (Å²) < 4.78 is 13.5. The first-order valence-electron chi connectivity index (χ1n) is 5.83. The van der Waals surface area contributed by atoms with E-state index in [0.29, 0.717) is 6.04 Å². The first-order valence-corrected chi connectivity index (χ1v) is 7.36. The molecular formula is C12H14ClFN2S. The molecule has 1 aromatic carbocycles. The lowest BCUT2D eigenvalue weighted by molar-refractivity contribution is 0.621. The minimum Gasteiger partial charge on any atom is -0.383 e. The molecule has 2 aliphatic heterocycles. The molecule has 2 heterocycles. The molecule has 0 spiro atoms. The van der Waals surface area contributed by atoms with Crippen molar-refractivity contribution < 1.29 is 4.39 Å². The average molecular weight is 273 g/mol. The van der Waals surface area contributed by atoms with Gasteiger partial charge in [-0.3, -0.25) is 0 Å². The minimum absolute atomic E-state index is 0.212. The number of hydrogen-bond donors (Lipinski definition) is 1. The van der Waals surface area contributed by atoms with E-state index in [-0.39, 0.29) is 10.8 Å². The molecule has 0 saturated carbocycles. The van der Waals surface area contributed by atoms with E-state index in [4.69, 9.17) is 11.6 Å². The molecule has 0 aromatic heterocycles. The number of rotatable bonds is 0. The van der Waals surface area contributed by atoms with Crippen LogP contribution in [0.5, 0.6) is 0 Å². The highest BCUT2D eigenvalue weighted by molar-refractivity contribution is 7.99. The first-order chi connectivity index (χ1) is 8.25. The summed E-state index contributed by atoms with van der Waals surface area (Å²) in [5.74, 6) is 1.93. The molecule has 1 unspecified atom stereocenters. The van der Waals surface area contributed by atoms with Gasteiger partial charge in [-0.05, 0) is 12.5 Å². The van der Waals surface area contributed by atoms with Crippen LogP contribution >= 0.6 is 23.4 Å². The molecular weight excluding hydrogens is 259 g/mol. The lowest BCUT2D eigenvalue weighted by atomic mass is 10.1. The van der Waals surface area contributed by atoms with Crippen LogP contribution in [0, 0.1) is 5.82 Å². The summed E-state index contributed by atoms with van der Waals surface area (Å²) >= 11 is 7.89. The quantitative estimate of drug-likeness (QED) is 0.781. The van der Waals surface area contributed by atoms with Crippen molar-refractivity contribution in [3.05, 3.63) is 23.0 Å². The molecule has 0 radical (unpaired) electrons. The van der Waals surface area contributed by atoms with Crippen molar-refractivity contribution in [3.63, 3.8) is 0 Å². The van der Waals surface area contributed by atoms with E-state index >= 15 is 0 Å². The predicted molar refractivity (Wildman–Crippen MR) is 73.0 cm³/mol. The zero-order chi connectivity index (χ0) is 11.8. The van der Waals surface area contributed by atoms with Crippen molar-refractivity contribution in [1.29, 1.82) is 0 Å². The van der Waals surface area contributed by atoms with Gasteiger partial charge in [0.1, 0.15) is 5.82 Å². The molecule has 5 heteroatoms. The van der Waals surface area contributed by atoms with Gasteiger partial charge in [0, 0.05) is 36.7 Å². The Bertz CT molecular complexity index is 441. The number of nitrogens with zero attached hydrogens (tertiary/aromatic N) is 1. The van der Waals surface area contributed by atoms with E-state index in [2.05, 4.69) is 10.2 Å². The van der Waals surface area contributed by atoms with Gasteiger partial charge in [-0.15, -0.1) is 0 Å². The Morgan fingerprint density at radius 3 is 3.24 bits per heavy atom. The summed E-state index contributed by atoms with van der Waals surface area (Å²) in [5, 5.41) is 3.51. The fourth-order valence-corrected chi connectivity index (χ4v) is 3.77. The van der Waals surface area contributed by atoms with Gasteiger partial charge in [0.25, 0.3) is 0 Å². The molecule has 1 atom stereocenters. The van der Waals surface area contributed by atoms with Gasteiger partial charge >= 0.3 is 0 Å². The van der Waals surface area contributed by atoms with Crippen LogP contribution in [0.2, 0.25) is 5.02 Å². The van der Waals surface area contributed by atoms with Crippen LogP contribution in [0.25, 0.3) is 0 Å². The maximum absolute atomic E-state index is 13.5. The van der Waals surface area contributed by atoms with E-state index in [1.165, 1.54) is 6.07 Å². The van der Waals surface area contributed by atoms with Gasteiger partial charge in [-0.25, -0.2) is 4.39 Å². The number of halogens is 2. The molecule has 92 valence electrons. The van der Waals surface area contributed by atoms with Crippen molar-refractivity contribution in [1.82, 2.24) is 0 Å². The molecule has 1 fully saturated rings. The number of nitrogens with one attached hydrogen (secondary N) is 1. The topological polar surface area (TPSA) is 15.3 Å². The Morgan fingerprint density at radius 1 is 1.47 bits per heavy atom. The van der Waals surface area contributed by atoms with Gasteiger partial charge in [-0.2, -0.15) is 11.8 Å². The molecule has 1 N–H and O–H groups in total. The van der Waals surface area contributed by atoms with Crippen molar-refractivity contribution in [2.75, 3.05) is 34.8 Å². The van der Waals surface area contributed by atoms with Crippen LogP contribution in [-0.2, 0) is 0 Å². The molecule has 2 nitrogen and oxygen atoms in total. The normalized spacial score (nSPS) is 23.4. The molecule has 1 aromatic rings. The van der Waals surface area contributed by atoms with E-state index in [0.717, 1.165) is 42.4 Å². The summed E-state index contributed by atoms with van der Waals surface area (Å²) in [7, 11) is 0. The average Bonchev–Trinajstić information content (AvgIpc) is 2.50. The molecule has 2 aliphatic rings. The summed E-state index contributed by atoms with van der Waals surface area (Å²) in [4.78, 5) is 2.37. The van der Waals surface area contributed by atoms with Crippen LogP contribution in [0.4, 0.5) is 15.8 Å². The Hall–Kier alpha value is -0.610. The molecule has 0 bridgehead atoms. The summed E-state index contributed by atoms with van der Waals surface area (Å²) in [6.07, 6.45) is 1.10. The van der Waals surface area contributed by atoms with Gasteiger partial charge in [0.2, 0.25) is 0 Å². The largest absolute Gasteiger partial charge is 0.383 e. The molecule has 3 rings (SSSR count). The lowest BCUT2D eigenvalue weighted by Gasteiger charge is -2.36. The highest BCUT2D eigenvalue weighted by Gasteiger charge is 2.27. The third-order valence-electron chi connectivity index (χ3n) is 3.37. The molecule has 0 amide bonds. The third kappa shape index (κ3) is 2.08. The number of anilines is 2. The highest BCUT2D eigenvalue weighted by Crippen LogP contribution is 2.37. The van der Waals surface area contributed by atoms with E-state index in [1.54, 1.807) is 6.07 Å². The smallest absolute Gasteiger partial charge is 0.143 e. The Morgan fingerprint density at radius 2 is 2.35 bits per heavy atom. The fraction of sp³-hybridized carbons (Fsp3) is 0.500. The van der Waals surface area contributed by atoms with Crippen molar-refractivity contribution in [2.24, 2.45) is 0 Å². The molecule has 17 heavy (non-hydrogen) atoms. The van der Waals surface area contributed by atoms with E-state index in [9.17, 15) is 4.39 Å². The van der Waals surface area contributed by atoms with Crippen LogP contribution in [-0.4, -0.2) is 30.6 Å².